The molecule has 0 aliphatic carbocycles. The predicted molar refractivity (Wildman–Crippen MR) is 156 cm³/mol. The molecule has 2 amide bonds. The monoisotopic (exact) mass is 549 g/mol. The van der Waals surface area contributed by atoms with Gasteiger partial charge in [-0.25, -0.2) is 8.42 Å². The van der Waals surface area contributed by atoms with E-state index in [1.807, 2.05) is 77.9 Å². The van der Waals surface area contributed by atoms with E-state index in [2.05, 4.69) is 5.32 Å². The second-order valence-corrected chi connectivity index (χ2v) is 12.1. The Morgan fingerprint density at radius 1 is 0.872 bits per heavy atom. The standard InChI is InChI=1S/C31H39N3O4S/c1-7-28(31(36)32-22(2)3)33(20-26-13-11-12-23(4)18-26)30(35)21-34(29-19-24(5)16-17-25(29)6)39(37,38)27-14-9-8-10-15-27/h8-19,22,28H,7,20-21H2,1-6H3,(H,32,36)/t28-/m1/s1. The molecule has 0 spiro atoms. The average molecular weight is 550 g/mol. The highest BCUT2D eigenvalue weighted by atomic mass is 32.2. The minimum Gasteiger partial charge on any atom is -0.352 e. The number of amides is 2. The summed E-state index contributed by atoms with van der Waals surface area (Å²) in [5.41, 5.74) is 3.92. The molecule has 8 heteroatoms. The molecule has 0 fully saturated rings. The van der Waals surface area contributed by atoms with E-state index in [1.54, 1.807) is 24.3 Å². The molecule has 0 aromatic heterocycles. The zero-order chi connectivity index (χ0) is 28.7. The topological polar surface area (TPSA) is 86.8 Å². The highest BCUT2D eigenvalue weighted by molar-refractivity contribution is 7.92. The van der Waals surface area contributed by atoms with Gasteiger partial charge in [-0.15, -0.1) is 0 Å². The van der Waals surface area contributed by atoms with Gasteiger partial charge in [0, 0.05) is 12.6 Å². The molecule has 0 aliphatic rings. The van der Waals surface area contributed by atoms with Crippen LogP contribution in [0.2, 0.25) is 0 Å². The number of hydrogen-bond acceptors (Lipinski definition) is 4. The van der Waals surface area contributed by atoms with Crippen LogP contribution in [0, 0.1) is 20.8 Å². The van der Waals surface area contributed by atoms with E-state index in [1.165, 1.54) is 21.3 Å². The number of sulfonamides is 1. The summed E-state index contributed by atoms with van der Waals surface area (Å²) in [7, 11) is -4.09. The van der Waals surface area contributed by atoms with E-state index in [9.17, 15) is 18.0 Å². The number of carbonyl (C=O) groups excluding carboxylic acids is 2. The van der Waals surface area contributed by atoms with Crippen LogP contribution in [-0.4, -0.2) is 43.8 Å². The summed E-state index contributed by atoms with van der Waals surface area (Å²) in [6.07, 6.45) is 0.380. The van der Waals surface area contributed by atoms with Gasteiger partial charge in [0.2, 0.25) is 11.8 Å². The molecule has 0 radical (unpaired) electrons. The molecule has 1 N–H and O–H groups in total. The van der Waals surface area contributed by atoms with E-state index in [-0.39, 0.29) is 23.4 Å². The fraction of sp³-hybridized carbons (Fsp3) is 0.355. The molecule has 0 bridgehead atoms. The summed E-state index contributed by atoms with van der Waals surface area (Å²) in [5.74, 6) is -0.722. The Morgan fingerprint density at radius 3 is 2.15 bits per heavy atom. The Labute approximate surface area is 232 Å². The molecule has 3 aromatic carbocycles. The van der Waals surface area contributed by atoms with Crippen LogP contribution in [0.3, 0.4) is 0 Å². The Morgan fingerprint density at radius 2 is 1.54 bits per heavy atom. The van der Waals surface area contributed by atoms with Crippen molar-refractivity contribution in [2.24, 2.45) is 0 Å². The number of anilines is 1. The van der Waals surface area contributed by atoms with Crippen molar-refractivity contribution in [1.82, 2.24) is 10.2 Å². The number of carbonyl (C=O) groups is 2. The van der Waals surface area contributed by atoms with Gasteiger partial charge >= 0.3 is 0 Å². The third-order valence-corrected chi connectivity index (χ3v) is 8.27. The molecular formula is C31H39N3O4S. The number of rotatable bonds is 11. The van der Waals surface area contributed by atoms with Crippen molar-refractivity contribution in [1.29, 1.82) is 0 Å². The van der Waals surface area contributed by atoms with Crippen LogP contribution < -0.4 is 9.62 Å². The first-order valence-electron chi connectivity index (χ1n) is 13.2. The Kier molecular flexibility index (Phi) is 9.92. The Bertz CT molecular complexity index is 1400. The molecule has 0 saturated carbocycles. The number of nitrogens with zero attached hydrogens (tertiary/aromatic N) is 2. The van der Waals surface area contributed by atoms with Crippen LogP contribution >= 0.6 is 0 Å². The SMILES string of the molecule is CC[C@H](C(=O)NC(C)C)N(Cc1cccc(C)c1)C(=O)CN(c1cc(C)ccc1C)S(=O)(=O)c1ccccc1. The van der Waals surface area contributed by atoms with Crippen LogP contribution in [-0.2, 0) is 26.2 Å². The lowest BCUT2D eigenvalue weighted by molar-refractivity contribution is -0.140. The maximum atomic E-state index is 14.1. The van der Waals surface area contributed by atoms with E-state index >= 15 is 0 Å². The van der Waals surface area contributed by atoms with Gasteiger partial charge in [0.25, 0.3) is 10.0 Å². The number of hydrogen-bond donors (Lipinski definition) is 1. The van der Waals surface area contributed by atoms with Gasteiger partial charge in [-0.05, 0) is 75.9 Å². The first-order valence-corrected chi connectivity index (χ1v) is 14.7. The Balaban J connectivity index is 2.10. The van der Waals surface area contributed by atoms with Gasteiger partial charge in [-0.3, -0.25) is 13.9 Å². The van der Waals surface area contributed by atoms with Gasteiger partial charge in [0.05, 0.1) is 10.6 Å². The highest BCUT2D eigenvalue weighted by Gasteiger charge is 2.34. The fourth-order valence-electron chi connectivity index (χ4n) is 4.53. The maximum absolute atomic E-state index is 14.1. The zero-order valence-corrected chi connectivity index (χ0v) is 24.5. The van der Waals surface area contributed by atoms with Gasteiger partial charge in [-0.2, -0.15) is 0 Å². The molecule has 208 valence electrons. The second-order valence-electron chi connectivity index (χ2n) is 10.2. The predicted octanol–water partition coefficient (Wildman–Crippen LogP) is 5.14. The van der Waals surface area contributed by atoms with Crippen molar-refractivity contribution in [2.45, 2.75) is 71.5 Å². The van der Waals surface area contributed by atoms with Crippen molar-refractivity contribution in [2.75, 3.05) is 10.8 Å². The molecule has 7 nitrogen and oxygen atoms in total. The molecule has 0 aliphatic heterocycles. The summed E-state index contributed by atoms with van der Waals surface area (Å²) in [5, 5.41) is 2.92. The average Bonchev–Trinajstić information content (AvgIpc) is 2.88. The lowest BCUT2D eigenvalue weighted by Gasteiger charge is -2.34. The van der Waals surface area contributed by atoms with Crippen LogP contribution in [0.4, 0.5) is 5.69 Å². The molecule has 39 heavy (non-hydrogen) atoms. The summed E-state index contributed by atoms with van der Waals surface area (Å²) in [6.45, 7) is 11.0. The van der Waals surface area contributed by atoms with Crippen LogP contribution in [0.15, 0.2) is 77.7 Å². The molecule has 0 saturated heterocycles. The highest BCUT2D eigenvalue weighted by Crippen LogP contribution is 2.28. The van der Waals surface area contributed by atoms with Gasteiger partial charge in [-0.1, -0.05) is 67.1 Å². The van der Waals surface area contributed by atoms with Crippen molar-refractivity contribution < 1.29 is 18.0 Å². The molecule has 3 rings (SSSR count). The first kappa shape index (κ1) is 29.9. The van der Waals surface area contributed by atoms with E-state index in [4.69, 9.17) is 0 Å². The summed E-state index contributed by atoms with van der Waals surface area (Å²) < 4.78 is 29.1. The normalized spacial score (nSPS) is 12.2. The minimum absolute atomic E-state index is 0.0912. The molecule has 3 aromatic rings. The summed E-state index contributed by atoms with van der Waals surface area (Å²) >= 11 is 0. The fourth-order valence-corrected chi connectivity index (χ4v) is 6.02. The third kappa shape index (κ3) is 7.47. The first-order chi connectivity index (χ1) is 18.4. The third-order valence-electron chi connectivity index (χ3n) is 6.50. The van der Waals surface area contributed by atoms with Crippen LogP contribution in [0.1, 0.15) is 49.4 Å². The Hall–Kier alpha value is -3.65. The number of nitrogens with one attached hydrogen (secondary N) is 1. The summed E-state index contributed by atoms with van der Waals surface area (Å²) in [4.78, 5) is 28.9. The van der Waals surface area contributed by atoms with Crippen molar-refractivity contribution >= 4 is 27.5 Å². The smallest absolute Gasteiger partial charge is 0.264 e. The number of aryl methyl sites for hydroxylation is 3. The lowest BCUT2D eigenvalue weighted by atomic mass is 10.1. The molecule has 1 atom stereocenters. The maximum Gasteiger partial charge on any atom is 0.264 e. The molecule has 0 heterocycles. The minimum atomic E-state index is -4.09. The van der Waals surface area contributed by atoms with Crippen molar-refractivity contribution in [3.05, 3.63) is 95.1 Å². The van der Waals surface area contributed by atoms with E-state index < -0.39 is 28.5 Å². The molecular weight excluding hydrogens is 510 g/mol. The van der Waals surface area contributed by atoms with Crippen LogP contribution in [0.25, 0.3) is 0 Å². The number of benzene rings is 3. The van der Waals surface area contributed by atoms with E-state index in [0.717, 1.165) is 22.3 Å². The van der Waals surface area contributed by atoms with Crippen molar-refractivity contribution in [3.8, 4) is 0 Å². The lowest BCUT2D eigenvalue weighted by Crippen LogP contribution is -2.53. The molecule has 0 unspecified atom stereocenters. The van der Waals surface area contributed by atoms with Gasteiger partial charge in [0.1, 0.15) is 12.6 Å². The van der Waals surface area contributed by atoms with Crippen molar-refractivity contribution in [3.63, 3.8) is 0 Å². The largest absolute Gasteiger partial charge is 0.352 e. The quantitative estimate of drug-likeness (QED) is 0.359. The van der Waals surface area contributed by atoms with Crippen LogP contribution in [0.5, 0.6) is 0 Å². The van der Waals surface area contributed by atoms with Gasteiger partial charge in [0.15, 0.2) is 0 Å². The van der Waals surface area contributed by atoms with Gasteiger partial charge < -0.3 is 10.2 Å². The summed E-state index contributed by atoms with van der Waals surface area (Å²) in [6, 6.07) is 20.5. The zero-order valence-electron chi connectivity index (χ0n) is 23.6. The van der Waals surface area contributed by atoms with E-state index in [0.29, 0.717) is 12.1 Å². The second kappa shape index (κ2) is 12.9.